The van der Waals surface area contributed by atoms with Crippen LogP contribution >= 0.6 is 0 Å². The van der Waals surface area contributed by atoms with Gasteiger partial charge in [0.1, 0.15) is 5.76 Å². The average molecular weight is 219 g/mol. The van der Waals surface area contributed by atoms with E-state index in [9.17, 15) is 0 Å². The summed E-state index contributed by atoms with van der Waals surface area (Å²) < 4.78 is 5.00. The summed E-state index contributed by atoms with van der Waals surface area (Å²) in [6.45, 7) is 2.58. The summed E-state index contributed by atoms with van der Waals surface area (Å²) in [4.78, 5) is 0. The van der Waals surface area contributed by atoms with Crippen molar-refractivity contribution in [2.45, 2.75) is 45.2 Å². The maximum absolute atomic E-state index is 9.04. The molecular weight excluding hydrogens is 202 g/mol. The summed E-state index contributed by atoms with van der Waals surface area (Å²) in [5.41, 5.74) is 0.916. The summed E-state index contributed by atoms with van der Waals surface area (Å²) in [5, 5.41) is 16.4. The number of aromatic nitrogens is 1. The zero-order valence-electron chi connectivity index (χ0n) is 9.57. The standard InChI is InChI=1S/C12H17N3O/c1-9-6-11(15-16-9)8-14-12-5-3-2-4-10(12)7-13/h6,10,12,14H,2-5,8H2,1H3. The molecule has 86 valence electrons. The zero-order valence-corrected chi connectivity index (χ0v) is 9.57. The highest BCUT2D eigenvalue weighted by molar-refractivity contribution is 5.04. The molecule has 2 atom stereocenters. The average Bonchev–Trinajstić information content (AvgIpc) is 2.73. The van der Waals surface area contributed by atoms with Gasteiger partial charge in [0.05, 0.1) is 17.7 Å². The molecule has 1 aromatic rings. The highest BCUT2D eigenvalue weighted by Gasteiger charge is 2.24. The van der Waals surface area contributed by atoms with Crippen molar-refractivity contribution in [2.75, 3.05) is 0 Å². The molecule has 0 aromatic carbocycles. The quantitative estimate of drug-likeness (QED) is 0.846. The Kier molecular flexibility index (Phi) is 3.58. The molecule has 4 heteroatoms. The topological polar surface area (TPSA) is 61.9 Å². The van der Waals surface area contributed by atoms with Gasteiger partial charge in [0.25, 0.3) is 0 Å². The predicted molar refractivity (Wildman–Crippen MR) is 59.4 cm³/mol. The molecule has 0 aliphatic heterocycles. The number of rotatable bonds is 3. The van der Waals surface area contributed by atoms with Crippen LogP contribution in [0.3, 0.4) is 0 Å². The van der Waals surface area contributed by atoms with Crippen LogP contribution in [0.15, 0.2) is 10.6 Å². The first-order valence-corrected chi connectivity index (χ1v) is 5.85. The second-order valence-corrected chi connectivity index (χ2v) is 4.44. The minimum Gasteiger partial charge on any atom is -0.361 e. The number of hydrogen-bond acceptors (Lipinski definition) is 4. The Labute approximate surface area is 95.6 Å². The Balaban J connectivity index is 1.87. The Bertz CT molecular complexity index is 380. The van der Waals surface area contributed by atoms with Crippen molar-refractivity contribution in [1.82, 2.24) is 10.5 Å². The second kappa shape index (κ2) is 5.13. The fraction of sp³-hybridized carbons (Fsp3) is 0.667. The number of aryl methyl sites for hydroxylation is 1. The van der Waals surface area contributed by atoms with E-state index in [1.54, 1.807) is 0 Å². The summed E-state index contributed by atoms with van der Waals surface area (Å²) >= 11 is 0. The largest absolute Gasteiger partial charge is 0.361 e. The van der Waals surface area contributed by atoms with Crippen LogP contribution in [0, 0.1) is 24.2 Å². The molecule has 4 nitrogen and oxygen atoms in total. The molecule has 2 unspecified atom stereocenters. The first-order valence-electron chi connectivity index (χ1n) is 5.85. The van der Waals surface area contributed by atoms with Gasteiger partial charge in [-0.15, -0.1) is 0 Å². The smallest absolute Gasteiger partial charge is 0.133 e. The monoisotopic (exact) mass is 219 g/mol. The van der Waals surface area contributed by atoms with Crippen molar-refractivity contribution >= 4 is 0 Å². The first-order chi connectivity index (χ1) is 7.79. The van der Waals surface area contributed by atoms with Gasteiger partial charge >= 0.3 is 0 Å². The van der Waals surface area contributed by atoms with Crippen LogP contribution in [0.5, 0.6) is 0 Å². The van der Waals surface area contributed by atoms with E-state index in [0.717, 1.165) is 24.3 Å². The minimum atomic E-state index is 0.154. The molecule has 0 amide bonds. The maximum atomic E-state index is 9.04. The normalized spacial score (nSPS) is 25.2. The molecule has 1 saturated carbocycles. The fourth-order valence-electron chi connectivity index (χ4n) is 2.27. The lowest BCUT2D eigenvalue weighted by Crippen LogP contribution is -2.37. The van der Waals surface area contributed by atoms with Crippen LogP contribution < -0.4 is 5.32 Å². The third-order valence-corrected chi connectivity index (χ3v) is 3.15. The predicted octanol–water partition coefficient (Wildman–Crippen LogP) is 2.16. The van der Waals surface area contributed by atoms with Gasteiger partial charge in [-0.25, -0.2) is 0 Å². The highest BCUT2D eigenvalue weighted by atomic mass is 16.5. The van der Waals surface area contributed by atoms with E-state index in [-0.39, 0.29) is 5.92 Å². The van der Waals surface area contributed by atoms with Crippen molar-refractivity contribution in [2.24, 2.45) is 5.92 Å². The first kappa shape index (κ1) is 11.2. The molecule has 0 saturated heterocycles. The summed E-state index contributed by atoms with van der Waals surface area (Å²) in [6, 6.07) is 4.63. The molecule has 1 heterocycles. The Morgan fingerprint density at radius 2 is 2.38 bits per heavy atom. The van der Waals surface area contributed by atoms with E-state index in [0.29, 0.717) is 12.6 Å². The molecule has 0 bridgehead atoms. The summed E-state index contributed by atoms with van der Waals surface area (Å²) in [5.74, 6) is 0.985. The minimum absolute atomic E-state index is 0.154. The number of nitrogens with one attached hydrogen (secondary N) is 1. The maximum Gasteiger partial charge on any atom is 0.133 e. The van der Waals surface area contributed by atoms with Crippen molar-refractivity contribution in [3.8, 4) is 6.07 Å². The van der Waals surface area contributed by atoms with Gasteiger partial charge in [0.15, 0.2) is 0 Å². The van der Waals surface area contributed by atoms with Crippen molar-refractivity contribution < 1.29 is 4.52 Å². The van der Waals surface area contributed by atoms with Gasteiger partial charge in [-0.3, -0.25) is 0 Å². The van der Waals surface area contributed by atoms with Crippen LogP contribution in [0.1, 0.15) is 37.1 Å². The van der Waals surface area contributed by atoms with Gasteiger partial charge in [0, 0.05) is 18.7 Å². The fourth-order valence-corrected chi connectivity index (χ4v) is 2.27. The molecular formula is C12H17N3O. The van der Waals surface area contributed by atoms with Crippen molar-refractivity contribution in [3.05, 3.63) is 17.5 Å². The number of nitriles is 1. The van der Waals surface area contributed by atoms with Crippen LogP contribution in [0.2, 0.25) is 0 Å². The van der Waals surface area contributed by atoms with Crippen molar-refractivity contribution in [1.29, 1.82) is 5.26 Å². The van der Waals surface area contributed by atoms with E-state index in [1.807, 2.05) is 13.0 Å². The summed E-state index contributed by atoms with van der Waals surface area (Å²) in [7, 11) is 0. The van der Waals surface area contributed by atoms with Crippen LogP contribution in [-0.4, -0.2) is 11.2 Å². The van der Waals surface area contributed by atoms with E-state index in [1.165, 1.54) is 12.8 Å². The molecule has 0 spiro atoms. The Morgan fingerprint density at radius 1 is 1.56 bits per heavy atom. The number of hydrogen-bond donors (Lipinski definition) is 1. The molecule has 16 heavy (non-hydrogen) atoms. The number of nitrogens with zero attached hydrogens (tertiary/aromatic N) is 2. The van der Waals surface area contributed by atoms with E-state index >= 15 is 0 Å². The SMILES string of the molecule is Cc1cc(CNC2CCCCC2C#N)no1. The lowest BCUT2D eigenvalue weighted by atomic mass is 9.85. The zero-order chi connectivity index (χ0) is 11.4. The molecule has 0 radical (unpaired) electrons. The highest BCUT2D eigenvalue weighted by Crippen LogP contribution is 2.23. The van der Waals surface area contributed by atoms with Crippen LogP contribution in [0.25, 0.3) is 0 Å². The second-order valence-electron chi connectivity index (χ2n) is 4.44. The Hall–Kier alpha value is -1.34. The third kappa shape index (κ3) is 2.61. The van der Waals surface area contributed by atoms with Gasteiger partial charge in [-0.2, -0.15) is 5.26 Å². The lowest BCUT2D eigenvalue weighted by molar-refractivity contribution is 0.307. The van der Waals surface area contributed by atoms with E-state index < -0.39 is 0 Å². The Morgan fingerprint density at radius 3 is 3.06 bits per heavy atom. The molecule has 1 aromatic heterocycles. The van der Waals surface area contributed by atoms with Crippen LogP contribution in [-0.2, 0) is 6.54 Å². The van der Waals surface area contributed by atoms with Gasteiger partial charge < -0.3 is 9.84 Å². The van der Waals surface area contributed by atoms with E-state index in [2.05, 4.69) is 16.5 Å². The van der Waals surface area contributed by atoms with Crippen molar-refractivity contribution in [3.63, 3.8) is 0 Å². The molecule has 1 fully saturated rings. The lowest BCUT2D eigenvalue weighted by Gasteiger charge is -2.27. The molecule has 1 aliphatic rings. The van der Waals surface area contributed by atoms with E-state index in [4.69, 9.17) is 9.78 Å². The van der Waals surface area contributed by atoms with Gasteiger partial charge in [-0.05, 0) is 19.8 Å². The molecule has 1 N–H and O–H groups in total. The third-order valence-electron chi connectivity index (χ3n) is 3.15. The molecule has 2 rings (SSSR count). The van der Waals surface area contributed by atoms with Crippen LogP contribution in [0.4, 0.5) is 0 Å². The molecule has 1 aliphatic carbocycles. The van der Waals surface area contributed by atoms with Gasteiger partial charge in [0.2, 0.25) is 0 Å². The van der Waals surface area contributed by atoms with Gasteiger partial charge in [-0.1, -0.05) is 18.0 Å². The summed E-state index contributed by atoms with van der Waals surface area (Å²) in [6.07, 6.45) is 4.51.